The summed E-state index contributed by atoms with van der Waals surface area (Å²) < 4.78 is 0.983. The molecule has 1 aliphatic carbocycles. The van der Waals surface area contributed by atoms with Gasteiger partial charge >= 0.3 is 0 Å². The van der Waals surface area contributed by atoms with Crippen molar-refractivity contribution in [3.8, 4) is 0 Å². The average Bonchev–Trinajstić information content (AvgIpc) is 2.64. The molecule has 0 radical (unpaired) electrons. The Morgan fingerprint density at radius 3 is 2.94 bits per heavy atom. The highest BCUT2D eigenvalue weighted by molar-refractivity contribution is 9.10. The summed E-state index contributed by atoms with van der Waals surface area (Å²) in [5.74, 6) is 1.13. The molecule has 2 nitrogen and oxygen atoms in total. The van der Waals surface area contributed by atoms with Gasteiger partial charge in [0.05, 0.1) is 6.10 Å². The number of aliphatic hydroxyl groups excluding tert-OH is 1. The van der Waals surface area contributed by atoms with E-state index in [0.29, 0.717) is 11.8 Å². The number of hydrogen-bond donors (Lipinski definition) is 1. The van der Waals surface area contributed by atoms with Gasteiger partial charge in [-0.2, -0.15) is 0 Å². The number of rotatable bonds is 3. The SMILES string of the molecule is CC1CCCC1C(O)Cc1cncc(Br)c1. The number of halogens is 1. The Morgan fingerprint density at radius 2 is 2.31 bits per heavy atom. The predicted molar refractivity (Wildman–Crippen MR) is 68.2 cm³/mol. The number of nitrogens with zero attached hydrogens (tertiary/aromatic N) is 1. The van der Waals surface area contributed by atoms with Crippen molar-refractivity contribution < 1.29 is 5.11 Å². The minimum absolute atomic E-state index is 0.214. The summed E-state index contributed by atoms with van der Waals surface area (Å²) in [6.45, 7) is 2.25. The fourth-order valence-corrected chi connectivity index (χ4v) is 3.12. The Hall–Kier alpha value is -0.410. The molecule has 3 atom stereocenters. The van der Waals surface area contributed by atoms with E-state index in [2.05, 4.69) is 27.8 Å². The fourth-order valence-electron chi connectivity index (χ4n) is 2.71. The molecule has 1 heterocycles. The van der Waals surface area contributed by atoms with Crippen LogP contribution in [0.15, 0.2) is 22.9 Å². The minimum Gasteiger partial charge on any atom is -0.392 e. The van der Waals surface area contributed by atoms with Crippen molar-refractivity contribution >= 4 is 15.9 Å². The molecule has 1 N–H and O–H groups in total. The molecule has 1 aromatic heterocycles. The summed E-state index contributed by atoms with van der Waals surface area (Å²) in [6.07, 6.45) is 7.82. The zero-order valence-electron chi connectivity index (χ0n) is 9.56. The minimum atomic E-state index is -0.214. The van der Waals surface area contributed by atoms with E-state index in [1.807, 2.05) is 12.3 Å². The van der Waals surface area contributed by atoms with Crippen LogP contribution < -0.4 is 0 Å². The van der Waals surface area contributed by atoms with Crippen LogP contribution in [0.1, 0.15) is 31.7 Å². The molecule has 1 saturated carbocycles. The van der Waals surface area contributed by atoms with Crippen molar-refractivity contribution in [2.45, 2.75) is 38.7 Å². The number of aromatic nitrogens is 1. The molecule has 16 heavy (non-hydrogen) atoms. The van der Waals surface area contributed by atoms with Gasteiger partial charge in [-0.15, -0.1) is 0 Å². The molecular formula is C13H18BrNO. The third kappa shape index (κ3) is 2.83. The Kier molecular flexibility index (Phi) is 3.98. The largest absolute Gasteiger partial charge is 0.392 e. The van der Waals surface area contributed by atoms with Gasteiger partial charge in [-0.25, -0.2) is 0 Å². The molecule has 1 aromatic rings. The van der Waals surface area contributed by atoms with E-state index in [0.717, 1.165) is 16.5 Å². The Morgan fingerprint density at radius 1 is 1.50 bits per heavy atom. The van der Waals surface area contributed by atoms with Gasteiger partial charge in [0, 0.05) is 23.3 Å². The van der Waals surface area contributed by atoms with Crippen molar-refractivity contribution in [2.75, 3.05) is 0 Å². The van der Waals surface area contributed by atoms with Crippen LogP contribution in [0.2, 0.25) is 0 Å². The summed E-state index contributed by atoms with van der Waals surface area (Å²) in [6, 6.07) is 2.04. The Bertz CT molecular complexity index is 356. The number of hydrogen-bond acceptors (Lipinski definition) is 2. The van der Waals surface area contributed by atoms with Crippen molar-refractivity contribution in [2.24, 2.45) is 11.8 Å². The first-order valence-electron chi connectivity index (χ1n) is 5.94. The second kappa shape index (κ2) is 5.28. The van der Waals surface area contributed by atoms with Gasteiger partial charge in [0.2, 0.25) is 0 Å². The third-order valence-corrected chi connectivity index (χ3v) is 4.06. The smallest absolute Gasteiger partial charge is 0.0611 e. The molecule has 0 aromatic carbocycles. The summed E-state index contributed by atoms with van der Waals surface area (Å²) in [7, 11) is 0. The first kappa shape index (κ1) is 12.1. The van der Waals surface area contributed by atoms with Crippen molar-refractivity contribution in [3.05, 3.63) is 28.5 Å². The molecule has 0 amide bonds. The maximum atomic E-state index is 10.2. The maximum Gasteiger partial charge on any atom is 0.0611 e. The second-order valence-electron chi connectivity index (χ2n) is 4.85. The van der Waals surface area contributed by atoms with Crippen molar-refractivity contribution in [1.29, 1.82) is 0 Å². The first-order valence-corrected chi connectivity index (χ1v) is 6.73. The molecule has 0 aliphatic heterocycles. The highest BCUT2D eigenvalue weighted by Crippen LogP contribution is 2.34. The lowest BCUT2D eigenvalue weighted by Gasteiger charge is -2.22. The zero-order chi connectivity index (χ0) is 11.5. The van der Waals surface area contributed by atoms with Gasteiger partial charge < -0.3 is 5.11 Å². The molecule has 3 heteroatoms. The van der Waals surface area contributed by atoms with Crippen LogP contribution in [-0.2, 0) is 6.42 Å². The zero-order valence-corrected chi connectivity index (χ0v) is 11.2. The quantitative estimate of drug-likeness (QED) is 0.924. The van der Waals surface area contributed by atoms with Crippen LogP contribution in [0.3, 0.4) is 0 Å². The molecule has 3 unspecified atom stereocenters. The number of aliphatic hydroxyl groups is 1. The van der Waals surface area contributed by atoms with Gasteiger partial charge in [0.1, 0.15) is 0 Å². The van der Waals surface area contributed by atoms with E-state index in [4.69, 9.17) is 0 Å². The molecule has 0 spiro atoms. The topological polar surface area (TPSA) is 33.1 Å². The standard InChI is InChI=1S/C13H18BrNO/c1-9-3-2-4-12(9)13(16)6-10-5-11(14)8-15-7-10/h5,7-9,12-13,16H,2-4,6H2,1H3. The van der Waals surface area contributed by atoms with E-state index in [-0.39, 0.29) is 6.10 Å². The van der Waals surface area contributed by atoms with Crippen LogP contribution in [0.5, 0.6) is 0 Å². The summed E-state index contributed by atoms with van der Waals surface area (Å²) in [4.78, 5) is 4.12. The molecular weight excluding hydrogens is 266 g/mol. The van der Waals surface area contributed by atoms with Crippen LogP contribution in [0.25, 0.3) is 0 Å². The Balaban J connectivity index is 1.99. The van der Waals surface area contributed by atoms with Gasteiger partial charge in [-0.05, 0) is 45.8 Å². The maximum absolute atomic E-state index is 10.2. The lowest BCUT2D eigenvalue weighted by Crippen LogP contribution is -2.24. The van der Waals surface area contributed by atoms with Gasteiger partial charge in [-0.1, -0.05) is 19.8 Å². The van der Waals surface area contributed by atoms with Crippen molar-refractivity contribution in [3.63, 3.8) is 0 Å². The summed E-state index contributed by atoms with van der Waals surface area (Å²) >= 11 is 3.40. The van der Waals surface area contributed by atoms with E-state index in [9.17, 15) is 5.11 Å². The summed E-state index contributed by atoms with van der Waals surface area (Å²) in [5, 5.41) is 10.2. The van der Waals surface area contributed by atoms with Gasteiger partial charge in [0.25, 0.3) is 0 Å². The van der Waals surface area contributed by atoms with Crippen LogP contribution in [0.4, 0.5) is 0 Å². The van der Waals surface area contributed by atoms with E-state index in [1.165, 1.54) is 19.3 Å². The molecule has 0 bridgehead atoms. The first-order chi connectivity index (χ1) is 7.66. The van der Waals surface area contributed by atoms with E-state index >= 15 is 0 Å². The molecule has 1 fully saturated rings. The van der Waals surface area contributed by atoms with Gasteiger partial charge in [0.15, 0.2) is 0 Å². The van der Waals surface area contributed by atoms with Crippen molar-refractivity contribution in [1.82, 2.24) is 4.98 Å². The number of pyridine rings is 1. The molecule has 1 aliphatic rings. The summed E-state index contributed by atoms with van der Waals surface area (Å²) in [5.41, 5.74) is 1.11. The molecule has 0 saturated heterocycles. The monoisotopic (exact) mass is 283 g/mol. The predicted octanol–water partition coefficient (Wildman–Crippen LogP) is 3.18. The van der Waals surface area contributed by atoms with Crippen LogP contribution in [0, 0.1) is 11.8 Å². The van der Waals surface area contributed by atoms with Crippen LogP contribution >= 0.6 is 15.9 Å². The normalized spacial score (nSPS) is 26.9. The van der Waals surface area contributed by atoms with E-state index < -0.39 is 0 Å². The Labute approximate surface area is 105 Å². The van der Waals surface area contributed by atoms with Gasteiger partial charge in [-0.3, -0.25) is 4.98 Å². The fraction of sp³-hybridized carbons (Fsp3) is 0.615. The lowest BCUT2D eigenvalue weighted by molar-refractivity contribution is 0.0901. The third-order valence-electron chi connectivity index (χ3n) is 3.63. The average molecular weight is 284 g/mol. The molecule has 2 rings (SSSR count). The highest BCUT2D eigenvalue weighted by atomic mass is 79.9. The van der Waals surface area contributed by atoms with E-state index in [1.54, 1.807) is 6.20 Å². The lowest BCUT2D eigenvalue weighted by atomic mass is 9.89. The highest BCUT2D eigenvalue weighted by Gasteiger charge is 2.29. The van der Waals surface area contributed by atoms with Crippen LogP contribution in [-0.4, -0.2) is 16.2 Å². The molecule has 88 valence electrons. The second-order valence-corrected chi connectivity index (χ2v) is 5.77.